The average molecular weight is 294 g/mol. The van der Waals surface area contributed by atoms with Gasteiger partial charge in [-0.05, 0) is 24.3 Å². The molecule has 0 aliphatic rings. The summed E-state index contributed by atoms with van der Waals surface area (Å²) >= 11 is 1.24. The summed E-state index contributed by atoms with van der Waals surface area (Å²) < 4.78 is 12.7. The summed E-state index contributed by atoms with van der Waals surface area (Å²) in [5, 5.41) is 13.4. The van der Waals surface area contributed by atoms with Gasteiger partial charge in [0.2, 0.25) is 5.91 Å². The molecule has 0 fully saturated rings. The van der Waals surface area contributed by atoms with Crippen molar-refractivity contribution in [2.24, 2.45) is 0 Å². The van der Waals surface area contributed by atoms with Gasteiger partial charge in [-0.2, -0.15) is 0 Å². The van der Waals surface area contributed by atoms with Crippen molar-refractivity contribution in [3.63, 3.8) is 0 Å². The molecule has 0 unspecified atom stereocenters. The molecule has 1 aromatic heterocycles. The van der Waals surface area contributed by atoms with Crippen molar-refractivity contribution in [2.75, 3.05) is 5.32 Å². The van der Waals surface area contributed by atoms with E-state index in [1.807, 2.05) is 0 Å². The molecule has 5 nitrogen and oxygen atoms in total. The fraction of sp³-hybridized carbons (Fsp3) is 0.154. The topological polar surface area (TPSA) is 79.3 Å². The molecule has 1 amide bonds. The van der Waals surface area contributed by atoms with Crippen LogP contribution in [0.3, 0.4) is 0 Å². The highest BCUT2D eigenvalue weighted by atomic mass is 32.1. The van der Waals surface area contributed by atoms with Gasteiger partial charge in [-0.1, -0.05) is 0 Å². The lowest BCUT2D eigenvalue weighted by Crippen LogP contribution is -2.14. The second-order valence-electron chi connectivity index (χ2n) is 4.03. The normalized spacial score (nSPS) is 10.2. The standard InChI is InChI=1S/C13H11FN2O3S/c14-8-1-3-9(4-2-8)15-11(17)6-12-16-10(7-20-12)5-13(18)19/h1-4,7H,5-6H2,(H,15,17)(H,18,19). The van der Waals surface area contributed by atoms with Crippen LogP contribution in [-0.2, 0) is 22.4 Å². The summed E-state index contributed by atoms with van der Waals surface area (Å²) in [6.45, 7) is 0. The monoisotopic (exact) mass is 294 g/mol. The van der Waals surface area contributed by atoms with E-state index in [0.717, 1.165) is 0 Å². The molecule has 2 aromatic rings. The minimum Gasteiger partial charge on any atom is -0.481 e. The van der Waals surface area contributed by atoms with Crippen LogP contribution in [0.4, 0.5) is 10.1 Å². The van der Waals surface area contributed by atoms with E-state index in [0.29, 0.717) is 16.4 Å². The van der Waals surface area contributed by atoms with Crippen LogP contribution in [0, 0.1) is 5.82 Å². The lowest BCUT2D eigenvalue weighted by Gasteiger charge is -2.03. The summed E-state index contributed by atoms with van der Waals surface area (Å²) in [5.41, 5.74) is 0.936. The molecule has 0 aliphatic carbocycles. The molecule has 0 aliphatic heterocycles. The molecule has 0 spiro atoms. The number of carboxylic acid groups (broad SMARTS) is 1. The molecular weight excluding hydrogens is 283 g/mol. The Morgan fingerprint density at radius 1 is 1.25 bits per heavy atom. The summed E-state index contributed by atoms with van der Waals surface area (Å²) in [6, 6.07) is 5.43. The highest BCUT2D eigenvalue weighted by molar-refractivity contribution is 7.09. The molecule has 0 saturated carbocycles. The molecule has 2 N–H and O–H groups in total. The van der Waals surface area contributed by atoms with E-state index in [-0.39, 0.29) is 24.6 Å². The number of rotatable bonds is 5. The Hall–Kier alpha value is -2.28. The molecule has 7 heteroatoms. The number of nitrogens with one attached hydrogen (secondary N) is 1. The molecule has 0 bridgehead atoms. The van der Waals surface area contributed by atoms with Gasteiger partial charge >= 0.3 is 5.97 Å². The number of thiazole rings is 1. The van der Waals surface area contributed by atoms with Crippen molar-refractivity contribution in [3.05, 3.63) is 46.2 Å². The number of aromatic nitrogens is 1. The van der Waals surface area contributed by atoms with Crippen molar-refractivity contribution in [3.8, 4) is 0 Å². The fourth-order valence-corrected chi connectivity index (χ4v) is 2.33. The smallest absolute Gasteiger partial charge is 0.309 e. The summed E-state index contributed by atoms with van der Waals surface area (Å²) in [4.78, 5) is 26.3. The highest BCUT2D eigenvalue weighted by Crippen LogP contribution is 2.13. The van der Waals surface area contributed by atoms with Crippen LogP contribution in [0.5, 0.6) is 0 Å². The number of carbonyl (C=O) groups is 2. The average Bonchev–Trinajstić information content (AvgIpc) is 2.78. The molecule has 0 radical (unpaired) electrons. The number of carbonyl (C=O) groups excluding carboxylic acids is 1. The molecule has 0 saturated heterocycles. The van der Waals surface area contributed by atoms with Gasteiger partial charge in [-0.25, -0.2) is 9.37 Å². The first-order chi connectivity index (χ1) is 9.52. The van der Waals surface area contributed by atoms with Gasteiger partial charge in [-0.15, -0.1) is 11.3 Å². The predicted octanol–water partition coefficient (Wildman–Crippen LogP) is 2.09. The Morgan fingerprint density at radius 2 is 1.95 bits per heavy atom. The van der Waals surface area contributed by atoms with Crippen molar-refractivity contribution in [1.82, 2.24) is 4.98 Å². The molecule has 1 heterocycles. The number of hydrogen-bond acceptors (Lipinski definition) is 4. The third-order valence-corrected chi connectivity index (χ3v) is 3.27. The van der Waals surface area contributed by atoms with Gasteiger partial charge in [0.05, 0.1) is 18.5 Å². The second-order valence-corrected chi connectivity index (χ2v) is 4.98. The van der Waals surface area contributed by atoms with Crippen LogP contribution in [0.15, 0.2) is 29.6 Å². The zero-order chi connectivity index (χ0) is 14.5. The number of carboxylic acids is 1. The van der Waals surface area contributed by atoms with Crippen LogP contribution < -0.4 is 5.32 Å². The third kappa shape index (κ3) is 4.13. The highest BCUT2D eigenvalue weighted by Gasteiger charge is 2.10. The second kappa shape index (κ2) is 6.25. The first-order valence-electron chi connectivity index (χ1n) is 5.73. The molecule has 0 atom stereocenters. The Kier molecular flexibility index (Phi) is 4.41. The number of halogens is 1. The predicted molar refractivity (Wildman–Crippen MR) is 72.2 cm³/mol. The van der Waals surface area contributed by atoms with E-state index in [1.54, 1.807) is 5.38 Å². The maximum absolute atomic E-state index is 12.7. The van der Waals surface area contributed by atoms with Gasteiger partial charge in [0.15, 0.2) is 0 Å². The van der Waals surface area contributed by atoms with Gasteiger partial charge in [0, 0.05) is 11.1 Å². The fourth-order valence-electron chi connectivity index (χ4n) is 1.54. The zero-order valence-electron chi connectivity index (χ0n) is 10.3. The van der Waals surface area contributed by atoms with Gasteiger partial charge in [-0.3, -0.25) is 9.59 Å². The van der Waals surface area contributed by atoms with Crippen LogP contribution in [0.2, 0.25) is 0 Å². The molecule has 104 valence electrons. The van der Waals surface area contributed by atoms with Gasteiger partial charge in [0.1, 0.15) is 10.8 Å². The van der Waals surface area contributed by atoms with Crippen LogP contribution in [0.25, 0.3) is 0 Å². The molecule has 20 heavy (non-hydrogen) atoms. The van der Waals surface area contributed by atoms with E-state index in [9.17, 15) is 14.0 Å². The lowest BCUT2D eigenvalue weighted by atomic mass is 10.3. The summed E-state index contributed by atoms with van der Waals surface area (Å²) in [7, 11) is 0. The SMILES string of the molecule is O=C(O)Cc1csc(CC(=O)Nc2ccc(F)cc2)n1. The Labute approximate surface area is 118 Å². The van der Waals surface area contributed by atoms with Crippen molar-refractivity contribution >= 4 is 28.9 Å². The summed E-state index contributed by atoms with van der Waals surface area (Å²) in [6.07, 6.45) is -0.0995. The third-order valence-electron chi connectivity index (χ3n) is 2.37. The van der Waals surface area contributed by atoms with E-state index in [4.69, 9.17) is 5.11 Å². The first-order valence-corrected chi connectivity index (χ1v) is 6.61. The minimum absolute atomic E-state index is 0.0572. The van der Waals surface area contributed by atoms with Crippen molar-refractivity contribution < 1.29 is 19.1 Å². The Bertz CT molecular complexity index is 625. The first kappa shape index (κ1) is 14.1. The number of anilines is 1. The van der Waals surface area contributed by atoms with Gasteiger partial charge in [0.25, 0.3) is 0 Å². The van der Waals surface area contributed by atoms with E-state index < -0.39 is 5.97 Å². The maximum Gasteiger partial charge on any atom is 0.309 e. The van der Waals surface area contributed by atoms with Crippen LogP contribution in [-0.4, -0.2) is 22.0 Å². The maximum atomic E-state index is 12.7. The van der Waals surface area contributed by atoms with E-state index in [1.165, 1.54) is 35.6 Å². The number of aliphatic carboxylic acids is 1. The number of amides is 1. The Morgan fingerprint density at radius 3 is 2.60 bits per heavy atom. The van der Waals surface area contributed by atoms with E-state index >= 15 is 0 Å². The number of benzene rings is 1. The minimum atomic E-state index is -0.961. The molecule has 2 rings (SSSR count). The summed E-state index contributed by atoms with van der Waals surface area (Å²) in [5.74, 6) is -1.62. The lowest BCUT2D eigenvalue weighted by molar-refractivity contribution is -0.136. The van der Waals surface area contributed by atoms with Crippen LogP contribution in [0.1, 0.15) is 10.7 Å². The quantitative estimate of drug-likeness (QED) is 0.885. The van der Waals surface area contributed by atoms with E-state index in [2.05, 4.69) is 10.3 Å². The zero-order valence-corrected chi connectivity index (χ0v) is 11.1. The van der Waals surface area contributed by atoms with Crippen LogP contribution >= 0.6 is 11.3 Å². The van der Waals surface area contributed by atoms with Gasteiger partial charge < -0.3 is 10.4 Å². The number of hydrogen-bond donors (Lipinski definition) is 2. The van der Waals surface area contributed by atoms with Crippen molar-refractivity contribution in [1.29, 1.82) is 0 Å². The molecule has 1 aromatic carbocycles. The largest absolute Gasteiger partial charge is 0.481 e. The molecular formula is C13H11FN2O3S. The Balaban J connectivity index is 1.92. The van der Waals surface area contributed by atoms with Crippen molar-refractivity contribution in [2.45, 2.75) is 12.8 Å². The number of nitrogens with zero attached hydrogens (tertiary/aromatic N) is 1.